The van der Waals surface area contributed by atoms with Crippen molar-refractivity contribution < 1.29 is 4.39 Å². The lowest BCUT2D eigenvalue weighted by atomic mass is 10.2. The number of nitrogens with one attached hydrogen (secondary N) is 1. The number of hydrogen-bond acceptors (Lipinski definition) is 2. The monoisotopic (exact) mass is 248 g/mol. The van der Waals surface area contributed by atoms with Crippen molar-refractivity contribution in [3.05, 3.63) is 64.9 Å². The maximum atomic E-state index is 13.1. The van der Waals surface area contributed by atoms with Gasteiger partial charge in [0.05, 0.1) is 16.9 Å². The minimum atomic E-state index is -0.449. The smallest absolute Gasteiger partial charge is 0.142 e. The van der Waals surface area contributed by atoms with E-state index in [0.29, 0.717) is 5.56 Å². The van der Waals surface area contributed by atoms with Gasteiger partial charge < -0.3 is 0 Å². The summed E-state index contributed by atoms with van der Waals surface area (Å²) in [5, 5.41) is 4.06. The number of hydrogen-bond donors (Lipinski definition) is 1. The van der Waals surface area contributed by atoms with E-state index in [1.807, 2.05) is 30.3 Å². The number of halogens is 2. The van der Waals surface area contributed by atoms with Crippen molar-refractivity contribution in [1.82, 2.24) is 0 Å². The lowest BCUT2D eigenvalue weighted by Crippen LogP contribution is -1.92. The second-order valence-corrected chi connectivity index (χ2v) is 3.76. The van der Waals surface area contributed by atoms with Crippen molar-refractivity contribution in [3.8, 4) is 0 Å². The molecule has 0 aliphatic rings. The van der Waals surface area contributed by atoms with Gasteiger partial charge in [-0.25, -0.2) is 4.39 Å². The van der Waals surface area contributed by atoms with Crippen LogP contribution < -0.4 is 5.43 Å². The molecule has 2 nitrogen and oxygen atoms in total. The Morgan fingerprint density at radius 3 is 2.59 bits per heavy atom. The Hall–Kier alpha value is -1.87. The fourth-order valence-corrected chi connectivity index (χ4v) is 1.48. The maximum absolute atomic E-state index is 13.1. The Morgan fingerprint density at radius 2 is 1.82 bits per heavy atom. The molecule has 2 aromatic carbocycles. The Morgan fingerprint density at radius 1 is 1.06 bits per heavy atom. The molecule has 0 radical (unpaired) electrons. The molecule has 0 aliphatic carbocycles. The molecule has 0 aliphatic heterocycles. The number of para-hydroxylation sites is 1. The van der Waals surface area contributed by atoms with Gasteiger partial charge >= 0.3 is 0 Å². The van der Waals surface area contributed by atoms with E-state index >= 15 is 0 Å². The molecule has 0 bridgehead atoms. The van der Waals surface area contributed by atoms with Crippen LogP contribution in [0, 0.1) is 5.82 Å². The average molecular weight is 249 g/mol. The van der Waals surface area contributed by atoms with Crippen LogP contribution in [0.3, 0.4) is 0 Å². The van der Waals surface area contributed by atoms with Gasteiger partial charge in [0.15, 0.2) is 0 Å². The number of anilines is 1. The summed E-state index contributed by atoms with van der Waals surface area (Å²) in [6.07, 6.45) is 1.48. The molecule has 0 heterocycles. The highest BCUT2D eigenvalue weighted by Gasteiger charge is 2.02. The summed E-state index contributed by atoms with van der Waals surface area (Å²) in [6, 6.07) is 14.1. The van der Waals surface area contributed by atoms with Crippen molar-refractivity contribution in [2.24, 2.45) is 5.10 Å². The van der Waals surface area contributed by atoms with Gasteiger partial charge in [-0.15, -0.1) is 0 Å². The molecule has 0 saturated heterocycles. The molecule has 0 atom stereocenters. The molecule has 2 rings (SSSR count). The summed E-state index contributed by atoms with van der Waals surface area (Å²) < 4.78 is 13.1. The van der Waals surface area contributed by atoms with Crippen LogP contribution in [-0.4, -0.2) is 6.21 Å². The summed E-state index contributed by atoms with van der Waals surface area (Å²) in [5.74, 6) is -0.449. The van der Waals surface area contributed by atoms with Crippen molar-refractivity contribution in [3.63, 3.8) is 0 Å². The zero-order chi connectivity index (χ0) is 12.1. The molecule has 0 fully saturated rings. The Kier molecular flexibility index (Phi) is 3.73. The van der Waals surface area contributed by atoms with Gasteiger partial charge in [0, 0.05) is 5.56 Å². The molecule has 2 aromatic rings. The average Bonchev–Trinajstić information content (AvgIpc) is 2.36. The number of nitrogens with zero attached hydrogens (tertiary/aromatic N) is 1. The third kappa shape index (κ3) is 3.04. The van der Waals surface area contributed by atoms with Crippen LogP contribution in [-0.2, 0) is 0 Å². The highest BCUT2D eigenvalue weighted by Crippen LogP contribution is 2.17. The number of hydrazone groups is 1. The second kappa shape index (κ2) is 5.46. The molecule has 4 heteroatoms. The van der Waals surface area contributed by atoms with Crippen LogP contribution >= 0.6 is 11.6 Å². The van der Waals surface area contributed by atoms with E-state index in [4.69, 9.17) is 11.6 Å². The summed E-state index contributed by atoms with van der Waals surface area (Å²) in [7, 11) is 0. The van der Waals surface area contributed by atoms with E-state index < -0.39 is 5.82 Å². The van der Waals surface area contributed by atoms with Gasteiger partial charge in [0.25, 0.3) is 0 Å². The SMILES string of the molecule is Fc1cccc(C=NNc2ccccc2)c1Cl. The fourth-order valence-electron chi connectivity index (χ4n) is 1.31. The lowest BCUT2D eigenvalue weighted by molar-refractivity contribution is 0.628. The van der Waals surface area contributed by atoms with Gasteiger partial charge in [-0.2, -0.15) is 5.10 Å². The van der Waals surface area contributed by atoms with E-state index in [1.54, 1.807) is 12.1 Å². The predicted octanol–water partition coefficient (Wildman–Crippen LogP) is 3.93. The second-order valence-electron chi connectivity index (χ2n) is 3.38. The van der Waals surface area contributed by atoms with Crippen LogP contribution in [0.25, 0.3) is 0 Å². The molecule has 0 saturated carbocycles. The highest BCUT2D eigenvalue weighted by molar-refractivity contribution is 6.33. The third-order valence-corrected chi connectivity index (χ3v) is 2.55. The summed E-state index contributed by atoms with van der Waals surface area (Å²) >= 11 is 5.78. The Balaban J connectivity index is 2.09. The quantitative estimate of drug-likeness (QED) is 0.646. The minimum Gasteiger partial charge on any atom is -0.279 e. The number of rotatable bonds is 3. The zero-order valence-corrected chi connectivity index (χ0v) is 9.66. The Labute approximate surface area is 104 Å². The van der Waals surface area contributed by atoms with E-state index in [0.717, 1.165) is 5.69 Å². The van der Waals surface area contributed by atoms with Crippen molar-refractivity contribution in [2.45, 2.75) is 0 Å². The van der Waals surface area contributed by atoms with Crippen molar-refractivity contribution in [1.29, 1.82) is 0 Å². The van der Waals surface area contributed by atoms with Crippen LogP contribution in [0.5, 0.6) is 0 Å². The highest BCUT2D eigenvalue weighted by atomic mass is 35.5. The van der Waals surface area contributed by atoms with Gasteiger partial charge in [0.2, 0.25) is 0 Å². The van der Waals surface area contributed by atoms with E-state index in [-0.39, 0.29) is 5.02 Å². The topological polar surface area (TPSA) is 24.4 Å². The Bertz CT molecular complexity index is 526. The van der Waals surface area contributed by atoms with Crippen LogP contribution in [0.4, 0.5) is 10.1 Å². The van der Waals surface area contributed by atoms with E-state index in [2.05, 4.69) is 10.5 Å². The van der Waals surface area contributed by atoms with Crippen LogP contribution in [0.2, 0.25) is 5.02 Å². The van der Waals surface area contributed by atoms with Gasteiger partial charge in [-0.1, -0.05) is 41.9 Å². The molecule has 86 valence electrons. The maximum Gasteiger partial charge on any atom is 0.142 e. The van der Waals surface area contributed by atoms with Gasteiger partial charge in [-0.05, 0) is 18.2 Å². The summed E-state index contributed by atoms with van der Waals surface area (Å²) in [5.41, 5.74) is 4.22. The molecular weight excluding hydrogens is 239 g/mol. The number of benzene rings is 2. The minimum absolute atomic E-state index is 0.0751. The van der Waals surface area contributed by atoms with Gasteiger partial charge in [-0.3, -0.25) is 5.43 Å². The third-order valence-electron chi connectivity index (χ3n) is 2.15. The van der Waals surface area contributed by atoms with E-state index in [1.165, 1.54) is 12.3 Å². The van der Waals surface area contributed by atoms with Crippen LogP contribution in [0.15, 0.2) is 53.6 Å². The molecule has 0 aromatic heterocycles. The van der Waals surface area contributed by atoms with Crippen LogP contribution in [0.1, 0.15) is 5.56 Å². The first-order valence-corrected chi connectivity index (χ1v) is 5.43. The largest absolute Gasteiger partial charge is 0.279 e. The normalized spacial score (nSPS) is 10.7. The molecule has 0 unspecified atom stereocenters. The summed E-state index contributed by atoms with van der Waals surface area (Å²) in [4.78, 5) is 0. The zero-order valence-electron chi connectivity index (χ0n) is 8.90. The molecule has 0 spiro atoms. The molecule has 17 heavy (non-hydrogen) atoms. The van der Waals surface area contributed by atoms with Crippen molar-refractivity contribution in [2.75, 3.05) is 5.43 Å². The predicted molar refractivity (Wildman–Crippen MR) is 69.1 cm³/mol. The first kappa shape index (κ1) is 11.6. The fraction of sp³-hybridized carbons (Fsp3) is 0. The van der Waals surface area contributed by atoms with Gasteiger partial charge in [0.1, 0.15) is 5.82 Å². The van der Waals surface area contributed by atoms with Crippen molar-refractivity contribution >= 4 is 23.5 Å². The first-order valence-electron chi connectivity index (χ1n) is 5.05. The molecule has 1 N–H and O–H groups in total. The molecule has 0 amide bonds. The molecular formula is C13H10ClFN2. The summed E-state index contributed by atoms with van der Waals surface area (Å²) in [6.45, 7) is 0. The van der Waals surface area contributed by atoms with E-state index in [9.17, 15) is 4.39 Å². The lowest BCUT2D eigenvalue weighted by Gasteiger charge is -2.00. The first-order chi connectivity index (χ1) is 8.27. The standard InChI is InChI=1S/C13H10ClFN2/c14-13-10(5-4-8-12(13)15)9-16-17-11-6-2-1-3-7-11/h1-9,17H.